The van der Waals surface area contributed by atoms with Gasteiger partial charge in [0.2, 0.25) is 5.91 Å². The summed E-state index contributed by atoms with van der Waals surface area (Å²) >= 11 is 0. The van der Waals surface area contributed by atoms with E-state index in [1.807, 2.05) is 0 Å². The van der Waals surface area contributed by atoms with E-state index in [0.717, 1.165) is 0 Å². The summed E-state index contributed by atoms with van der Waals surface area (Å²) < 4.78 is 17.9. The van der Waals surface area contributed by atoms with Crippen LogP contribution in [-0.2, 0) is 9.59 Å². The molecule has 1 rings (SSSR count). The van der Waals surface area contributed by atoms with Crippen molar-refractivity contribution >= 4 is 11.9 Å². The van der Waals surface area contributed by atoms with Crippen molar-refractivity contribution < 1.29 is 28.9 Å². The molecule has 0 unspecified atom stereocenters. The number of nitrogens with one attached hydrogen (secondary N) is 1. The van der Waals surface area contributed by atoms with Crippen molar-refractivity contribution in [1.29, 1.82) is 0 Å². The van der Waals surface area contributed by atoms with Crippen LogP contribution in [0.1, 0.15) is 12.8 Å². The SMILES string of the molecule is O=C(CCCOc1ccc(F)cc1)NC[C@H](O)C(=O)O. The molecule has 0 aliphatic rings. The van der Waals surface area contributed by atoms with E-state index in [2.05, 4.69) is 5.32 Å². The first kappa shape index (κ1) is 15.9. The highest BCUT2D eigenvalue weighted by Crippen LogP contribution is 2.11. The topological polar surface area (TPSA) is 95.9 Å². The van der Waals surface area contributed by atoms with Gasteiger partial charge in [-0.05, 0) is 30.7 Å². The molecule has 1 amide bonds. The number of carbonyl (C=O) groups excluding carboxylic acids is 1. The minimum atomic E-state index is -1.60. The Morgan fingerprint density at radius 2 is 1.95 bits per heavy atom. The quantitative estimate of drug-likeness (QED) is 0.606. The van der Waals surface area contributed by atoms with Crippen molar-refractivity contribution in [3.8, 4) is 5.75 Å². The zero-order chi connectivity index (χ0) is 15.0. The molecule has 0 fully saturated rings. The third kappa shape index (κ3) is 6.14. The molecule has 0 heterocycles. The summed E-state index contributed by atoms with van der Waals surface area (Å²) in [5.74, 6) is -1.60. The standard InChI is InChI=1S/C13H16FNO5/c14-9-3-5-10(6-4-9)20-7-1-2-12(17)15-8-11(16)13(18)19/h3-6,11,16H,1-2,7-8H2,(H,15,17)(H,18,19)/t11-/m0/s1. The van der Waals surface area contributed by atoms with E-state index in [1.165, 1.54) is 24.3 Å². The Balaban J connectivity index is 2.13. The molecule has 6 nitrogen and oxygen atoms in total. The van der Waals surface area contributed by atoms with Crippen LogP contribution < -0.4 is 10.1 Å². The maximum Gasteiger partial charge on any atom is 0.334 e. The van der Waals surface area contributed by atoms with E-state index in [4.69, 9.17) is 14.9 Å². The highest BCUT2D eigenvalue weighted by atomic mass is 19.1. The number of carboxylic acids is 1. The van der Waals surface area contributed by atoms with E-state index in [9.17, 15) is 14.0 Å². The first-order valence-corrected chi connectivity index (χ1v) is 6.05. The van der Waals surface area contributed by atoms with Crippen molar-refractivity contribution in [2.24, 2.45) is 0 Å². The fraction of sp³-hybridized carbons (Fsp3) is 0.385. The van der Waals surface area contributed by atoms with Gasteiger partial charge in [-0.2, -0.15) is 0 Å². The number of carbonyl (C=O) groups is 2. The lowest BCUT2D eigenvalue weighted by molar-refractivity contribution is -0.146. The summed E-state index contributed by atoms with van der Waals surface area (Å²) in [6, 6.07) is 5.52. The van der Waals surface area contributed by atoms with Crippen LogP contribution in [0.25, 0.3) is 0 Å². The molecule has 0 aromatic heterocycles. The van der Waals surface area contributed by atoms with Gasteiger partial charge in [0.1, 0.15) is 11.6 Å². The molecule has 0 saturated carbocycles. The molecule has 20 heavy (non-hydrogen) atoms. The van der Waals surface area contributed by atoms with Gasteiger partial charge in [0, 0.05) is 6.42 Å². The average molecular weight is 285 g/mol. The van der Waals surface area contributed by atoms with Crippen LogP contribution in [0.4, 0.5) is 4.39 Å². The number of aliphatic hydroxyl groups excluding tert-OH is 1. The van der Waals surface area contributed by atoms with Crippen LogP contribution in [0.3, 0.4) is 0 Å². The van der Waals surface area contributed by atoms with Crippen LogP contribution in [-0.4, -0.2) is 41.3 Å². The van der Waals surface area contributed by atoms with E-state index >= 15 is 0 Å². The predicted octanol–water partition coefficient (Wildman–Crippen LogP) is 0.546. The first-order chi connectivity index (χ1) is 9.49. The molecule has 0 bridgehead atoms. The normalized spacial score (nSPS) is 11.7. The summed E-state index contributed by atoms with van der Waals surface area (Å²) in [6.07, 6.45) is -1.03. The van der Waals surface area contributed by atoms with Gasteiger partial charge < -0.3 is 20.3 Å². The van der Waals surface area contributed by atoms with Crippen molar-refractivity contribution in [3.63, 3.8) is 0 Å². The number of hydrogen-bond acceptors (Lipinski definition) is 4. The van der Waals surface area contributed by atoms with Crippen molar-refractivity contribution in [2.45, 2.75) is 18.9 Å². The lowest BCUT2D eigenvalue weighted by Crippen LogP contribution is -2.36. The molecular weight excluding hydrogens is 269 g/mol. The molecule has 1 atom stereocenters. The van der Waals surface area contributed by atoms with Crippen molar-refractivity contribution in [2.75, 3.05) is 13.2 Å². The largest absolute Gasteiger partial charge is 0.494 e. The number of carboxylic acid groups (broad SMARTS) is 1. The Morgan fingerprint density at radius 3 is 2.55 bits per heavy atom. The Morgan fingerprint density at radius 1 is 1.30 bits per heavy atom. The second-order valence-corrected chi connectivity index (χ2v) is 4.06. The second kappa shape index (κ2) is 8.11. The molecule has 7 heteroatoms. The highest BCUT2D eigenvalue weighted by Gasteiger charge is 2.13. The number of amides is 1. The average Bonchev–Trinajstić information content (AvgIpc) is 2.42. The Labute approximate surface area is 115 Å². The van der Waals surface area contributed by atoms with Gasteiger partial charge in [-0.15, -0.1) is 0 Å². The molecule has 0 aliphatic heterocycles. The van der Waals surface area contributed by atoms with E-state index in [0.29, 0.717) is 12.2 Å². The van der Waals surface area contributed by atoms with Crippen LogP contribution in [0.2, 0.25) is 0 Å². The number of ether oxygens (including phenoxy) is 1. The van der Waals surface area contributed by atoms with Crippen LogP contribution in [0.5, 0.6) is 5.75 Å². The van der Waals surface area contributed by atoms with E-state index in [-0.39, 0.29) is 31.3 Å². The minimum Gasteiger partial charge on any atom is -0.494 e. The summed E-state index contributed by atoms with van der Waals surface area (Å²) in [7, 11) is 0. The van der Waals surface area contributed by atoms with Gasteiger partial charge in [0.05, 0.1) is 13.2 Å². The smallest absolute Gasteiger partial charge is 0.334 e. The fourth-order valence-corrected chi connectivity index (χ4v) is 1.34. The van der Waals surface area contributed by atoms with Crippen molar-refractivity contribution in [3.05, 3.63) is 30.1 Å². The minimum absolute atomic E-state index is 0.146. The number of halogens is 1. The van der Waals surface area contributed by atoms with E-state index in [1.54, 1.807) is 0 Å². The lowest BCUT2D eigenvalue weighted by Gasteiger charge is -2.08. The van der Waals surface area contributed by atoms with Crippen LogP contribution in [0, 0.1) is 5.82 Å². The molecule has 0 radical (unpaired) electrons. The highest BCUT2D eigenvalue weighted by molar-refractivity contribution is 5.77. The zero-order valence-electron chi connectivity index (χ0n) is 10.7. The van der Waals surface area contributed by atoms with Gasteiger partial charge >= 0.3 is 5.97 Å². The molecule has 1 aromatic rings. The van der Waals surface area contributed by atoms with Gasteiger partial charge in [-0.3, -0.25) is 4.79 Å². The lowest BCUT2D eigenvalue weighted by atomic mass is 10.3. The number of aliphatic carboxylic acids is 1. The van der Waals surface area contributed by atoms with Crippen molar-refractivity contribution in [1.82, 2.24) is 5.32 Å². The van der Waals surface area contributed by atoms with E-state index < -0.39 is 12.1 Å². The third-order valence-corrected chi connectivity index (χ3v) is 2.41. The number of rotatable bonds is 8. The molecule has 0 aliphatic carbocycles. The zero-order valence-corrected chi connectivity index (χ0v) is 10.7. The van der Waals surface area contributed by atoms with Crippen LogP contribution >= 0.6 is 0 Å². The summed E-state index contributed by atoms with van der Waals surface area (Å²) in [5.41, 5.74) is 0. The second-order valence-electron chi connectivity index (χ2n) is 4.06. The maximum absolute atomic E-state index is 12.6. The first-order valence-electron chi connectivity index (χ1n) is 6.05. The molecule has 0 saturated heterocycles. The fourth-order valence-electron chi connectivity index (χ4n) is 1.34. The van der Waals surface area contributed by atoms with Crippen LogP contribution in [0.15, 0.2) is 24.3 Å². The molecular formula is C13H16FNO5. The summed E-state index contributed by atoms with van der Waals surface area (Å²) in [4.78, 5) is 21.6. The summed E-state index contributed by atoms with van der Waals surface area (Å²) in [5, 5.41) is 19.6. The van der Waals surface area contributed by atoms with Gasteiger partial charge in [-0.1, -0.05) is 0 Å². The van der Waals surface area contributed by atoms with Gasteiger partial charge in [0.25, 0.3) is 0 Å². The predicted molar refractivity (Wildman–Crippen MR) is 67.8 cm³/mol. The molecule has 1 aromatic carbocycles. The van der Waals surface area contributed by atoms with Gasteiger partial charge in [-0.25, -0.2) is 9.18 Å². The maximum atomic E-state index is 12.6. The summed E-state index contributed by atoms with van der Waals surface area (Å²) in [6.45, 7) is -0.0481. The monoisotopic (exact) mass is 285 g/mol. The number of aliphatic hydroxyl groups is 1. The molecule has 3 N–H and O–H groups in total. The number of hydrogen-bond donors (Lipinski definition) is 3. The third-order valence-electron chi connectivity index (χ3n) is 2.41. The number of benzene rings is 1. The Kier molecular flexibility index (Phi) is 6.45. The Bertz CT molecular complexity index is 449. The van der Waals surface area contributed by atoms with Gasteiger partial charge in [0.15, 0.2) is 6.10 Å². The Hall–Kier alpha value is -2.15. The molecule has 110 valence electrons. The molecule has 0 spiro atoms.